The molecule has 1 aromatic carbocycles. The van der Waals surface area contributed by atoms with E-state index in [1.54, 1.807) is 7.11 Å². The number of carbonyl (C=O) groups excluding carboxylic acids is 1. The van der Waals surface area contributed by atoms with E-state index in [-0.39, 0.29) is 11.7 Å². The number of amides is 2. The van der Waals surface area contributed by atoms with Gasteiger partial charge in [-0.3, -0.25) is 4.90 Å². The predicted molar refractivity (Wildman–Crippen MR) is 84.9 cm³/mol. The van der Waals surface area contributed by atoms with Crippen LogP contribution in [0.25, 0.3) is 0 Å². The molecule has 24 heavy (non-hydrogen) atoms. The summed E-state index contributed by atoms with van der Waals surface area (Å²) in [6.45, 7) is 4.91. The van der Waals surface area contributed by atoms with Gasteiger partial charge in [-0.1, -0.05) is 12.1 Å². The van der Waals surface area contributed by atoms with Crippen molar-refractivity contribution in [2.24, 2.45) is 0 Å². The number of carbonyl (C=O) groups is 1. The van der Waals surface area contributed by atoms with E-state index >= 15 is 0 Å². The van der Waals surface area contributed by atoms with Crippen molar-refractivity contribution in [3.05, 3.63) is 29.8 Å². The van der Waals surface area contributed by atoms with Gasteiger partial charge >= 0.3 is 12.2 Å². The number of rotatable bonds is 4. The van der Waals surface area contributed by atoms with Gasteiger partial charge in [0.2, 0.25) is 0 Å². The van der Waals surface area contributed by atoms with Gasteiger partial charge in [0.05, 0.1) is 17.9 Å². The Balaban J connectivity index is 1.95. The maximum Gasteiger partial charge on any atom is 0.418 e. The van der Waals surface area contributed by atoms with E-state index in [0.29, 0.717) is 32.8 Å². The van der Waals surface area contributed by atoms with Gasteiger partial charge in [-0.05, 0) is 19.1 Å². The van der Waals surface area contributed by atoms with Gasteiger partial charge in [0.15, 0.2) is 0 Å². The number of ether oxygens (including phenoxy) is 1. The van der Waals surface area contributed by atoms with Crippen LogP contribution in [-0.4, -0.2) is 61.8 Å². The highest BCUT2D eigenvalue weighted by Crippen LogP contribution is 2.34. The Labute approximate surface area is 139 Å². The van der Waals surface area contributed by atoms with Crippen LogP contribution in [0, 0.1) is 0 Å². The van der Waals surface area contributed by atoms with E-state index in [0.717, 1.165) is 6.07 Å². The summed E-state index contributed by atoms with van der Waals surface area (Å²) in [6.07, 6.45) is -4.50. The summed E-state index contributed by atoms with van der Waals surface area (Å²) in [4.78, 5) is 16.0. The van der Waals surface area contributed by atoms with Crippen molar-refractivity contribution in [3.8, 4) is 0 Å². The highest BCUT2D eigenvalue weighted by molar-refractivity contribution is 5.90. The first-order chi connectivity index (χ1) is 11.3. The minimum absolute atomic E-state index is 0.217. The quantitative estimate of drug-likeness (QED) is 0.913. The first-order valence-corrected chi connectivity index (χ1v) is 7.78. The number of alkyl halides is 3. The lowest BCUT2D eigenvalue weighted by atomic mass is 10.1. The third kappa shape index (κ3) is 4.61. The Morgan fingerprint density at radius 1 is 1.25 bits per heavy atom. The summed E-state index contributed by atoms with van der Waals surface area (Å²) in [6, 6.07) is 4.72. The van der Waals surface area contributed by atoms with Crippen molar-refractivity contribution in [1.82, 2.24) is 9.80 Å². The fourth-order valence-corrected chi connectivity index (χ4v) is 2.75. The molecule has 0 radical (unpaired) electrons. The second-order valence-corrected chi connectivity index (χ2v) is 5.80. The molecule has 1 heterocycles. The molecule has 1 N–H and O–H groups in total. The summed E-state index contributed by atoms with van der Waals surface area (Å²) >= 11 is 0. The number of nitrogens with one attached hydrogen (secondary N) is 1. The largest absolute Gasteiger partial charge is 0.418 e. The van der Waals surface area contributed by atoms with Gasteiger partial charge in [0, 0.05) is 39.3 Å². The van der Waals surface area contributed by atoms with Crippen LogP contribution in [0.5, 0.6) is 0 Å². The number of hydrogen-bond donors (Lipinski definition) is 1. The first-order valence-electron chi connectivity index (χ1n) is 7.78. The molecule has 1 aliphatic heterocycles. The molecule has 1 saturated heterocycles. The van der Waals surface area contributed by atoms with Gasteiger partial charge in [-0.25, -0.2) is 4.79 Å². The minimum atomic E-state index is -4.50. The lowest BCUT2D eigenvalue weighted by Gasteiger charge is -2.37. The Kier molecular flexibility index (Phi) is 6.06. The second-order valence-electron chi connectivity index (χ2n) is 5.80. The van der Waals surface area contributed by atoms with Crippen LogP contribution in [0.3, 0.4) is 0 Å². The van der Waals surface area contributed by atoms with E-state index in [1.165, 1.54) is 23.1 Å². The smallest absolute Gasteiger partial charge is 0.383 e. The summed E-state index contributed by atoms with van der Waals surface area (Å²) in [5.74, 6) is 0. The summed E-state index contributed by atoms with van der Waals surface area (Å²) < 4.78 is 44.0. The van der Waals surface area contributed by atoms with E-state index in [1.807, 2.05) is 6.92 Å². The molecule has 0 aromatic heterocycles. The average Bonchev–Trinajstić information content (AvgIpc) is 2.54. The number of piperazine rings is 1. The molecule has 1 fully saturated rings. The lowest BCUT2D eigenvalue weighted by Crippen LogP contribution is -2.53. The zero-order valence-corrected chi connectivity index (χ0v) is 13.8. The van der Waals surface area contributed by atoms with Crippen LogP contribution in [0.4, 0.5) is 23.7 Å². The van der Waals surface area contributed by atoms with E-state index in [9.17, 15) is 18.0 Å². The van der Waals surface area contributed by atoms with Crippen molar-refractivity contribution < 1.29 is 22.7 Å². The van der Waals surface area contributed by atoms with Crippen molar-refractivity contribution in [1.29, 1.82) is 0 Å². The van der Waals surface area contributed by atoms with Crippen molar-refractivity contribution in [2.45, 2.75) is 19.1 Å². The molecule has 0 spiro atoms. The lowest BCUT2D eigenvalue weighted by molar-refractivity contribution is -0.136. The molecule has 5 nitrogen and oxygen atoms in total. The number of urea groups is 1. The summed E-state index contributed by atoms with van der Waals surface area (Å²) in [5, 5.41) is 2.38. The number of halogens is 3. The van der Waals surface area contributed by atoms with Crippen molar-refractivity contribution >= 4 is 11.7 Å². The fraction of sp³-hybridized carbons (Fsp3) is 0.562. The van der Waals surface area contributed by atoms with Crippen LogP contribution in [-0.2, 0) is 10.9 Å². The number of hydrogen-bond acceptors (Lipinski definition) is 3. The third-order valence-electron chi connectivity index (χ3n) is 4.11. The zero-order valence-electron chi connectivity index (χ0n) is 13.8. The van der Waals surface area contributed by atoms with Crippen LogP contribution < -0.4 is 5.32 Å². The Hall–Kier alpha value is -1.80. The maximum absolute atomic E-state index is 13.0. The molecule has 1 atom stereocenters. The Morgan fingerprint density at radius 2 is 1.88 bits per heavy atom. The SMILES string of the molecule is COC[C@H](C)N1CCN(C(=O)Nc2ccccc2C(F)(F)F)CC1. The molecule has 134 valence electrons. The van der Waals surface area contributed by atoms with Gasteiger partial charge in [0.25, 0.3) is 0 Å². The van der Waals surface area contributed by atoms with Crippen LogP contribution >= 0.6 is 0 Å². The molecule has 0 bridgehead atoms. The molecule has 0 unspecified atom stereocenters. The fourth-order valence-electron chi connectivity index (χ4n) is 2.75. The van der Waals surface area contributed by atoms with Crippen molar-refractivity contribution in [2.75, 3.05) is 45.2 Å². The summed E-state index contributed by atoms with van der Waals surface area (Å²) in [7, 11) is 1.64. The molecule has 1 aromatic rings. The Bertz CT molecular complexity index is 558. The standard InChI is InChI=1S/C16H22F3N3O2/c1-12(11-24-2)21-7-9-22(10-8-21)15(23)20-14-6-4-3-5-13(14)16(17,18)19/h3-6,12H,7-11H2,1-2H3,(H,20,23)/t12-/m0/s1. The molecular weight excluding hydrogens is 323 g/mol. The number of methoxy groups -OCH3 is 1. The number of para-hydroxylation sites is 1. The molecule has 2 amide bonds. The van der Waals surface area contributed by atoms with Crippen LogP contribution in [0.2, 0.25) is 0 Å². The van der Waals surface area contributed by atoms with E-state index < -0.39 is 17.8 Å². The van der Waals surface area contributed by atoms with E-state index in [2.05, 4.69) is 10.2 Å². The number of anilines is 1. The monoisotopic (exact) mass is 345 g/mol. The maximum atomic E-state index is 13.0. The normalized spacial score (nSPS) is 17.6. The minimum Gasteiger partial charge on any atom is -0.383 e. The highest BCUT2D eigenvalue weighted by Gasteiger charge is 2.34. The summed E-state index contributed by atoms with van der Waals surface area (Å²) in [5.41, 5.74) is -1.06. The topological polar surface area (TPSA) is 44.8 Å². The van der Waals surface area contributed by atoms with Gasteiger partial charge in [-0.15, -0.1) is 0 Å². The predicted octanol–water partition coefficient (Wildman–Crippen LogP) is 2.89. The van der Waals surface area contributed by atoms with Gasteiger partial charge < -0.3 is 15.0 Å². The molecule has 0 aliphatic carbocycles. The van der Waals surface area contributed by atoms with Crippen LogP contribution in [0.1, 0.15) is 12.5 Å². The van der Waals surface area contributed by atoms with Crippen molar-refractivity contribution in [3.63, 3.8) is 0 Å². The molecule has 1 aliphatic rings. The Morgan fingerprint density at radius 3 is 2.46 bits per heavy atom. The molecular formula is C16H22F3N3O2. The van der Waals surface area contributed by atoms with Gasteiger partial charge in [-0.2, -0.15) is 13.2 Å². The first kappa shape index (κ1) is 18.5. The number of benzene rings is 1. The highest BCUT2D eigenvalue weighted by atomic mass is 19.4. The van der Waals surface area contributed by atoms with Gasteiger partial charge in [0.1, 0.15) is 0 Å². The average molecular weight is 345 g/mol. The number of nitrogens with zero attached hydrogens (tertiary/aromatic N) is 2. The zero-order chi connectivity index (χ0) is 17.7. The molecule has 0 saturated carbocycles. The second kappa shape index (κ2) is 7.85. The molecule has 8 heteroatoms. The molecule has 2 rings (SSSR count). The van der Waals surface area contributed by atoms with Crippen LogP contribution in [0.15, 0.2) is 24.3 Å². The third-order valence-corrected chi connectivity index (χ3v) is 4.11. The van der Waals surface area contributed by atoms with E-state index in [4.69, 9.17) is 4.74 Å².